The van der Waals surface area contributed by atoms with Crippen molar-refractivity contribution in [2.45, 2.75) is 17.5 Å². The predicted molar refractivity (Wildman–Crippen MR) is 134 cm³/mol. The van der Waals surface area contributed by atoms with Gasteiger partial charge in [0, 0.05) is 12.6 Å². The number of hydrogen-bond acceptors (Lipinski definition) is 5. The zero-order valence-electron chi connectivity index (χ0n) is 19.9. The third-order valence-electron chi connectivity index (χ3n) is 5.37. The number of alkyl halides is 3. The van der Waals surface area contributed by atoms with Crippen molar-refractivity contribution in [2.75, 3.05) is 32.6 Å². The fourth-order valence-electron chi connectivity index (χ4n) is 3.46. The average Bonchev–Trinajstić information content (AvgIpc) is 2.87. The molecule has 1 N–H and O–H groups in total. The van der Waals surface area contributed by atoms with E-state index < -0.39 is 34.2 Å². The minimum Gasteiger partial charge on any atom is -0.493 e. The number of carbonyl (C=O) groups is 1. The van der Waals surface area contributed by atoms with E-state index in [1.807, 2.05) is 18.2 Å². The molecule has 0 fully saturated rings. The minimum atomic E-state index is -4.65. The second kappa shape index (κ2) is 11.8. The van der Waals surface area contributed by atoms with Crippen LogP contribution < -0.4 is 14.8 Å². The monoisotopic (exact) mass is 556 g/mol. The molecule has 0 aromatic heterocycles. The maximum Gasteiger partial charge on any atom is 0.416 e. The van der Waals surface area contributed by atoms with Gasteiger partial charge in [0.25, 0.3) is 0 Å². The van der Waals surface area contributed by atoms with Gasteiger partial charge in [-0.1, -0.05) is 41.9 Å². The van der Waals surface area contributed by atoms with Crippen LogP contribution in [-0.2, 0) is 27.4 Å². The molecule has 0 aliphatic heterocycles. The fourth-order valence-corrected chi connectivity index (χ4v) is 5.03. The van der Waals surface area contributed by atoms with Crippen LogP contribution in [0.1, 0.15) is 11.1 Å². The summed E-state index contributed by atoms with van der Waals surface area (Å²) in [6.45, 7) is -0.749. The number of sulfonamides is 1. The first-order valence-electron chi connectivity index (χ1n) is 10.9. The summed E-state index contributed by atoms with van der Waals surface area (Å²) >= 11 is 5.98. The van der Waals surface area contributed by atoms with Crippen molar-refractivity contribution < 1.29 is 35.9 Å². The van der Waals surface area contributed by atoms with Gasteiger partial charge in [-0.3, -0.25) is 4.79 Å². The van der Waals surface area contributed by atoms with Gasteiger partial charge in [0.2, 0.25) is 15.9 Å². The molecule has 0 unspecified atom stereocenters. The molecule has 0 aliphatic carbocycles. The van der Waals surface area contributed by atoms with Crippen molar-refractivity contribution in [3.8, 4) is 11.5 Å². The van der Waals surface area contributed by atoms with E-state index in [2.05, 4.69) is 5.32 Å². The standard InChI is InChI=1S/C25H24ClF3N2O5S/c1-35-22-11-9-19(15-23(22)36-2)37(33,34)31(13-12-17-6-4-3-5-7-17)16-24(32)30-21-14-18(25(27,28)29)8-10-20(21)26/h3-11,14-15H,12-13,16H2,1-2H3,(H,30,32). The largest absolute Gasteiger partial charge is 0.493 e. The molecule has 0 aliphatic rings. The van der Waals surface area contributed by atoms with Gasteiger partial charge in [-0.05, 0) is 42.3 Å². The number of hydrogen-bond donors (Lipinski definition) is 1. The van der Waals surface area contributed by atoms with Gasteiger partial charge in [-0.15, -0.1) is 0 Å². The highest BCUT2D eigenvalue weighted by molar-refractivity contribution is 7.89. The summed E-state index contributed by atoms with van der Waals surface area (Å²) in [5.41, 5.74) is -0.463. The zero-order chi connectivity index (χ0) is 27.2. The van der Waals surface area contributed by atoms with Crippen molar-refractivity contribution in [3.05, 3.63) is 82.9 Å². The van der Waals surface area contributed by atoms with Crippen LogP contribution in [0.5, 0.6) is 11.5 Å². The smallest absolute Gasteiger partial charge is 0.416 e. The molecule has 198 valence electrons. The van der Waals surface area contributed by atoms with E-state index in [1.54, 1.807) is 12.1 Å². The van der Waals surface area contributed by atoms with E-state index in [1.165, 1.54) is 32.4 Å². The lowest BCUT2D eigenvalue weighted by atomic mass is 10.1. The molecular formula is C25H24ClF3N2O5S. The van der Waals surface area contributed by atoms with Crippen LogP contribution in [0.4, 0.5) is 18.9 Å². The third kappa shape index (κ3) is 7.15. The van der Waals surface area contributed by atoms with E-state index in [4.69, 9.17) is 21.1 Å². The lowest BCUT2D eigenvalue weighted by Crippen LogP contribution is -2.39. The lowest BCUT2D eigenvalue weighted by molar-refractivity contribution is -0.137. The molecule has 12 heteroatoms. The number of nitrogens with one attached hydrogen (secondary N) is 1. The molecule has 0 bridgehead atoms. The second-order valence-electron chi connectivity index (χ2n) is 7.83. The normalized spacial score (nSPS) is 11.9. The molecule has 37 heavy (non-hydrogen) atoms. The van der Waals surface area contributed by atoms with Crippen LogP contribution in [0.2, 0.25) is 5.02 Å². The van der Waals surface area contributed by atoms with E-state index >= 15 is 0 Å². The van der Waals surface area contributed by atoms with Gasteiger partial charge in [0.05, 0.1) is 41.9 Å². The maximum atomic E-state index is 13.5. The van der Waals surface area contributed by atoms with E-state index in [-0.39, 0.29) is 34.3 Å². The highest BCUT2D eigenvalue weighted by Crippen LogP contribution is 2.34. The molecule has 0 heterocycles. The predicted octanol–water partition coefficient (Wildman–Crippen LogP) is 5.25. The maximum absolute atomic E-state index is 13.5. The first-order valence-corrected chi connectivity index (χ1v) is 12.7. The van der Waals surface area contributed by atoms with Crippen molar-refractivity contribution in [3.63, 3.8) is 0 Å². The quantitative estimate of drug-likeness (QED) is 0.369. The summed E-state index contributed by atoms with van der Waals surface area (Å²) in [5, 5.41) is 2.17. The van der Waals surface area contributed by atoms with Gasteiger partial charge in [0.1, 0.15) is 0 Å². The average molecular weight is 557 g/mol. The number of anilines is 1. The zero-order valence-corrected chi connectivity index (χ0v) is 21.5. The second-order valence-corrected chi connectivity index (χ2v) is 10.2. The third-order valence-corrected chi connectivity index (χ3v) is 7.54. The molecule has 0 saturated heterocycles. The van der Waals surface area contributed by atoms with Gasteiger partial charge < -0.3 is 14.8 Å². The van der Waals surface area contributed by atoms with Crippen molar-refractivity contribution in [1.29, 1.82) is 0 Å². The number of nitrogens with zero attached hydrogens (tertiary/aromatic N) is 1. The van der Waals surface area contributed by atoms with E-state index in [0.717, 1.165) is 22.0 Å². The summed E-state index contributed by atoms with van der Waals surface area (Å²) < 4.78 is 77.7. The fraction of sp³-hybridized carbons (Fsp3) is 0.240. The molecule has 3 rings (SSSR count). The van der Waals surface area contributed by atoms with Gasteiger partial charge in [-0.2, -0.15) is 17.5 Å². The molecule has 0 saturated carbocycles. The number of benzene rings is 3. The Morgan fingerprint density at radius 2 is 1.65 bits per heavy atom. The Kier molecular flexibility index (Phi) is 9.06. The van der Waals surface area contributed by atoms with Crippen molar-refractivity contribution >= 4 is 33.2 Å². The first-order chi connectivity index (χ1) is 17.5. The number of halogens is 4. The van der Waals surface area contributed by atoms with Crippen LogP contribution in [0.15, 0.2) is 71.6 Å². The summed E-state index contributed by atoms with van der Waals surface area (Å²) in [7, 11) is -1.47. The molecule has 7 nitrogen and oxygen atoms in total. The van der Waals surface area contributed by atoms with Crippen LogP contribution in [0, 0.1) is 0 Å². The van der Waals surface area contributed by atoms with Crippen molar-refractivity contribution in [2.24, 2.45) is 0 Å². The summed E-state index contributed by atoms with van der Waals surface area (Å²) in [4.78, 5) is 12.7. The molecule has 1 amide bonds. The highest BCUT2D eigenvalue weighted by Gasteiger charge is 2.32. The number of ether oxygens (including phenoxy) is 2. The SMILES string of the molecule is COc1ccc(S(=O)(=O)N(CCc2ccccc2)CC(=O)Nc2cc(C(F)(F)F)ccc2Cl)cc1OC. The Morgan fingerprint density at radius 3 is 2.27 bits per heavy atom. The van der Waals surface area contributed by atoms with Crippen LogP contribution in [0.25, 0.3) is 0 Å². The minimum absolute atomic E-state index is 0.0789. The number of methoxy groups -OCH3 is 2. The molecule has 0 radical (unpaired) electrons. The van der Waals surface area contributed by atoms with E-state index in [0.29, 0.717) is 11.8 Å². The van der Waals surface area contributed by atoms with Gasteiger partial charge in [0.15, 0.2) is 11.5 Å². The molecule has 3 aromatic rings. The van der Waals surface area contributed by atoms with Gasteiger partial charge in [-0.25, -0.2) is 8.42 Å². The Bertz CT molecular complexity index is 1350. The number of rotatable bonds is 10. The van der Waals surface area contributed by atoms with Gasteiger partial charge >= 0.3 is 6.18 Å². The Hall–Kier alpha value is -3.28. The Morgan fingerprint density at radius 1 is 0.973 bits per heavy atom. The number of amides is 1. The van der Waals surface area contributed by atoms with E-state index in [9.17, 15) is 26.4 Å². The Balaban J connectivity index is 1.90. The summed E-state index contributed by atoms with van der Waals surface area (Å²) in [6, 6.07) is 15.5. The molecular weight excluding hydrogens is 533 g/mol. The summed E-state index contributed by atoms with van der Waals surface area (Å²) in [5.74, 6) is -0.376. The van der Waals surface area contributed by atoms with Crippen LogP contribution in [0.3, 0.4) is 0 Å². The molecule has 3 aromatic carbocycles. The van der Waals surface area contributed by atoms with Crippen LogP contribution >= 0.6 is 11.6 Å². The van der Waals surface area contributed by atoms with Crippen LogP contribution in [-0.4, -0.2) is 45.9 Å². The lowest BCUT2D eigenvalue weighted by Gasteiger charge is -2.23. The summed E-state index contributed by atoms with van der Waals surface area (Å²) in [6.07, 6.45) is -4.37. The molecule has 0 spiro atoms. The topological polar surface area (TPSA) is 84.9 Å². The highest BCUT2D eigenvalue weighted by atomic mass is 35.5. The first kappa shape index (κ1) is 28.3. The Labute approximate surface area is 217 Å². The molecule has 0 atom stereocenters. The number of carbonyl (C=O) groups excluding carboxylic acids is 1. The van der Waals surface area contributed by atoms with Crippen molar-refractivity contribution in [1.82, 2.24) is 4.31 Å².